The maximum atomic E-state index is 12.1. The van der Waals surface area contributed by atoms with Crippen LogP contribution >= 0.6 is 0 Å². The number of anilines is 1. The van der Waals surface area contributed by atoms with E-state index in [0.717, 1.165) is 24.9 Å². The van der Waals surface area contributed by atoms with E-state index < -0.39 is 17.5 Å². The molecule has 0 fully saturated rings. The number of esters is 1. The van der Waals surface area contributed by atoms with E-state index >= 15 is 0 Å². The van der Waals surface area contributed by atoms with Gasteiger partial charge < -0.3 is 15.2 Å². The zero-order chi connectivity index (χ0) is 14.9. The quantitative estimate of drug-likeness (QED) is 0.805. The fraction of sp³-hybridized carbons (Fsp3) is 0.500. The predicted octanol–water partition coefficient (Wildman–Crippen LogP) is 2.09. The molecule has 6 heteroatoms. The Morgan fingerprint density at radius 2 is 2.10 bits per heavy atom. The van der Waals surface area contributed by atoms with Gasteiger partial charge in [0.25, 0.3) is 0 Å². The van der Waals surface area contributed by atoms with Gasteiger partial charge in [0.2, 0.25) is 0 Å². The van der Waals surface area contributed by atoms with Crippen molar-refractivity contribution in [2.24, 2.45) is 0 Å². The number of carboxylic acid groups (broad SMARTS) is 1. The number of ether oxygens (including phenoxy) is 1. The van der Waals surface area contributed by atoms with Crippen LogP contribution in [0.3, 0.4) is 0 Å². The highest BCUT2D eigenvalue weighted by Crippen LogP contribution is 2.24. The fourth-order valence-corrected chi connectivity index (χ4v) is 2.03. The van der Waals surface area contributed by atoms with Crippen molar-refractivity contribution in [3.8, 4) is 0 Å². The summed E-state index contributed by atoms with van der Waals surface area (Å²) in [7, 11) is 0. The number of rotatable bonds is 2. The maximum Gasteiger partial charge on any atom is 0.358 e. The van der Waals surface area contributed by atoms with Crippen LogP contribution in [0.25, 0.3) is 0 Å². The summed E-state index contributed by atoms with van der Waals surface area (Å²) in [5, 5.41) is 12.3. The highest BCUT2D eigenvalue weighted by molar-refractivity contribution is 6.01. The first-order valence-electron chi connectivity index (χ1n) is 6.52. The highest BCUT2D eigenvalue weighted by Gasteiger charge is 2.27. The van der Waals surface area contributed by atoms with Gasteiger partial charge in [-0.15, -0.1) is 0 Å². The molecular weight excluding hydrogens is 260 g/mol. The molecule has 0 aliphatic carbocycles. The first-order chi connectivity index (χ1) is 9.28. The summed E-state index contributed by atoms with van der Waals surface area (Å²) < 4.78 is 5.21. The molecule has 0 unspecified atom stereocenters. The van der Waals surface area contributed by atoms with Crippen LogP contribution in [-0.4, -0.2) is 34.2 Å². The number of hydrogen-bond donors (Lipinski definition) is 2. The van der Waals surface area contributed by atoms with Gasteiger partial charge in [0, 0.05) is 6.54 Å². The fourth-order valence-electron chi connectivity index (χ4n) is 2.03. The lowest BCUT2D eigenvalue weighted by atomic mass is 10.0. The number of aromatic carboxylic acids is 1. The van der Waals surface area contributed by atoms with Gasteiger partial charge in [0.1, 0.15) is 11.4 Å². The summed E-state index contributed by atoms with van der Waals surface area (Å²) in [4.78, 5) is 27.6. The first-order valence-corrected chi connectivity index (χ1v) is 6.52. The standard InChI is InChI=1S/C14H18N2O4/c1-14(2,3)20-13(19)10-9(12(17)18)7-8-5-4-6-15-11(8)16-10/h7H,4-6H2,1-3H3,(H,15,16)(H,17,18). The minimum Gasteiger partial charge on any atom is -0.478 e. The Bertz CT molecular complexity index is 561. The second-order valence-electron chi connectivity index (χ2n) is 5.73. The van der Waals surface area contributed by atoms with Gasteiger partial charge in [-0.1, -0.05) is 0 Å². The van der Waals surface area contributed by atoms with Crippen LogP contribution in [0.4, 0.5) is 5.82 Å². The molecule has 0 radical (unpaired) electrons. The molecule has 0 bridgehead atoms. The first kappa shape index (κ1) is 14.3. The third-order valence-electron chi connectivity index (χ3n) is 2.84. The van der Waals surface area contributed by atoms with E-state index in [-0.39, 0.29) is 11.3 Å². The molecule has 2 rings (SSSR count). The van der Waals surface area contributed by atoms with Crippen molar-refractivity contribution in [1.29, 1.82) is 0 Å². The lowest BCUT2D eigenvalue weighted by molar-refractivity contribution is 0.00591. The third-order valence-corrected chi connectivity index (χ3v) is 2.84. The zero-order valence-electron chi connectivity index (χ0n) is 11.8. The van der Waals surface area contributed by atoms with E-state index in [9.17, 15) is 14.7 Å². The summed E-state index contributed by atoms with van der Waals surface area (Å²) >= 11 is 0. The lowest BCUT2D eigenvalue weighted by Gasteiger charge is -2.22. The second-order valence-corrected chi connectivity index (χ2v) is 5.73. The number of pyridine rings is 1. The lowest BCUT2D eigenvalue weighted by Crippen LogP contribution is -2.27. The van der Waals surface area contributed by atoms with Gasteiger partial charge in [-0.3, -0.25) is 0 Å². The molecule has 1 aromatic heterocycles. The van der Waals surface area contributed by atoms with E-state index in [2.05, 4.69) is 10.3 Å². The average molecular weight is 278 g/mol. The molecule has 0 aromatic carbocycles. The normalized spacial score (nSPS) is 14.2. The number of fused-ring (bicyclic) bond motifs is 1. The molecule has 0 spiro atoms. The average Bonchev–Trinajstić information content (AvgIpc) is 2.35. The van der Waals surface area contributed by atoms with E-state index in [4.69, 9.17) is 4.74 Å². The molecule has 20 heavy (non-hydrogen) atoms. The van der Waals surface area contributed by atoms with E-state index in [0.29, 0.717) is 5.82 Å². The summed E-state index contributed by atoms with van der Waals surface area (Å²) in [5.74, 6) is -1.32. The molecule has 0 atom stereocenters. The van der Waals surface area contributed by atoms with Gasteiger partial charge in [0.05, 0.1) is 5.56 Å². The zero-order valence-corrected chi connectivity index (χ0v) is 11.8. The Balaban J connectivity index is 2.45. The van der Waals surface area contributed by atoms with Crippen molar-refractivity contribution in [3.63, 3.8) is 0 Å². The second kappa shape index (κ2) is 5.11. The van der Waals surface area contributed by atoms with E-state index in [1.165, 1.54) is 6.07 Å². The number of nitrogens with zero attached hydrogens (tertiary/aromatic N) is 1. The van der Waals surface area contributed by atoms with Crippen LogP contribution < -0.4 is 5.32 Å². The molecule has 0 saturated heterocycles. The maximum absolute atomic E-state index is 12.1. The molecule has 2 heterocycles. The van der Waals surface area contributed by atoms with Crippen LogP contribution in [0.15, 0.2) is 6.07 Å². The van der Waals surface area contributed by atoms with Gasteiger partial charge in [-0.05, 0) is 45.2 Å². The van der Waals surface area contributed by atoms with Crippen molar-refractivity contribution in [2.75, 3.05) is 11.9 Å². The molecular formula is C14H18N2O4. The largest absolute Gasteiger partial charge is 0.478 e. The smallest absolute Gasteiger partial charge is 0.358 e. The molecule has 0 saturated carbocycles. The topological polar surface area (TPSA) is 88.5 Å². The summed E-state index contributed by atoms with van der Waals surface area (Å²) in [6.45, 7) is 5.94. The molecule has 2 N–H and O–H groups in total. The van der Waals surface area contributed by atoms with Crippen molar-refractivity contribution < 1.29 is 19.4 Å². The van der Waals surface area contributed by atoms with Crippen molar-refractivity contribution in [3.05, 3.63) is 22.9 Å². The Hall–Kier alpha value is -2.11. The number of carbonyl (C=O) groups excluding carboxylic acids is 1. The number of aryl methyl sites for hydroxylation is 1. The number of aromatic nitrogens is 1. The van der Waals surface area contributed by atoms with E-state index in [1.807, 2.05) is 0 Å². The van der Waals surface area contributed by atoms with Crippen LogP contribution in [0.1, 0.15) is 53.6 Å². The highest BCUT2D eigenvalue weighted by atomic mass is 16.6. The molecule has 108 valence electrons. The number of carboxylic acids is 1. The molecule has 0 amide bonds. The minimum atomic E-state index is -1.17. The Morgan fingerprint density at radius 3 is 2.70 bits per heavy atom. The Kier molecular flexibility index (Phi) is 3.65. The Morgan fingerprint density at radius 1 is 1.40 bits per heavy atom. The SMILES string of the molecule is CC(C)(C)OC(=O)c1nc2c(cc1C(=O)O)CCCN2. The van der Waals surface area contributed by atoms with Crippen molar-refractivity contribution >= 4 is 17.8 Å². The van der Waals surface area contributed by atoms with Gasteiger partial charge in [0.15, 0.2) is 5.69 Å². The summed E-state index contributed by atoms with van der Waals surface area (Å²) in [5.41, 5.74) is -0.138. The van der Waals surface area contributed by atoms with Crippen LogP contribution in [0, 0.1) is 0 Å². The number of hydrogen-bond acceptors (Lipinski definition) is 5. The number of nitrogens with one attached hydrogen (secondary N) is 1. The Labute approximate surface area is 117 Å². The van der Waals surface area contributed by atoms with E-state index in [1.54, 1.807) is 20.8 Å². The molecule has 1 aliphatic rings. The summed E-state index contributed by atoms with van der Waals surface area (Å²) in [6, 6.07) is 1.51. The van der Waals surface area contributed by atoms with Crippen molar-refractivity contribution in [1.82, 2.24) is 4.98 Å². The molecule has 1 aliphatic heterocycles. The van der Waals surface area contributed by atoms with Gasteiger partial charge >= 0.3 is 11.9 Å². The predicted molar refractivity (Wildman–Crippen MR) is 73.2 cm³/mol. The molecule has 1 aromatic rings. The van der Waals surface area contributed by atoms with Gasteiger partial charge in [-0.25, -0.2) is 14.6 Å². The van der Waals surface area contributed by atoms with Crippen molar-refractivity contribution in [2.45, 2.75) is 39.2 Å². The van der Waals surface area contributed by atoms with Crippen LogP contribution in [0.2, 0.25) is 0 Å². The van der Waals surface area contributed by atoms with Crippen LogP contribution in [-0.2, 0) is 11.2 Å². The van der Waals surface area contributed by atoms with Gasteiger partial charge in [-0.2, -0.15) is 0 Å². The van der Waals surface area contributed by atoms with Crippen LogP contribution in [0.5, 0.6) is 0 Å². The monoisotopic (exact) mass is 278 g/mol. The third kappa shape index (κ3) is 3.07. The summed E-state index contributed by atoms with van der Waals surface area (Å²) in [6.07, 6.45) is 1.67. The number of carbonyl (C=O) groups is 2. The molecule has 6 nitrogen and oxygen atoms in total. The minimum absolute atomic E-state index is 0.110.